The third-order valence-corrected chi connectivity index (χ3v) is 15.8. The van der Waals surface area contributed by atoms with E-state index in [0.717, 1.165) is 53.9 Å². The van der Waals surface area contributed by atoms with E-state index >= 15 is 0 Å². The van der Waals surface area contributed by atoms with Gasteiger partial charge in [0.05, 0.1) is 149 Å². The number of fused-ring (bicyclic) bond motifs is 1. The summed E-state index contributed by atoms with van der Waals surface area (Å²) in [5.74, 6) is -8.98. The van der Waals surface area contributed by atoms with Crippen LogP contribution in [0.15, 0.2) is 88.3 Å². The first-order valence-corrected chi connectivity index (χ1v) is 31.8. The number of amidine groups is 1. The van der Waals surface area contributed by atoms with Gasteiger partial charge < -0.3 is 67.6 Å². The van der Waals surface area contributed by atoms with Crippen molar-refractivity contribution in [3.8, 4) is 16.9 Å². The molecule has 0 aliphatic carbocycles. The molecule has 498 valence electrons. The van der Waals surface area contributed by atoms with E-state index in [0.29, 0.717) is 155 Å². The van der Waals surface area contributed by atoms with E-state index in [1.807, 2.05) is 56.4 Å². The van der Waals surface area contributed by atoms with Gasteiger partial charge in [0.2, 0.25) is 27.4 Å². The molecule has 0 saturated carbocycles. The maximum absolute atomic E-state index is 14.2. The second kappa shape index (κ2) is 40.2. The molecule has 1 saturated heterocycles. The molecule has 2 aliphatic rings. The van der Waals surface area contributed by atoms with Gasteiger partial charge in [0.1, 0.15) is 5.84 Å². The number of hydrogen-bond donors (Lipinski definition) is 1. The van der Waals surface area contributed by atoms with E-state index in [-0.39, 0.29) is 49.7 Å². The van der Waals surface area contributed by atoms with Crippen molar-refractivity contribution in [3.63, 3.8) is 0 Å². The number of esters is 1. The molecule has 0 aromatic heterocycles. The van der Waals surface area contributed by atoms with Gasteiger partial charge in [-0.25, -0.2) is 22.2 Å². The third-order valence-electron chi connectivity index (χ3n) is 14.0. The fourth-order valence-corrected chi connectivity index (χ4v) is 11.0. The van der Waals surface area contributed by atoms with Crippen molar-refractivity contribution in [1.82, 2.24) is 19.0 Å². The van der Waals surface area contributed by atoms with Crippen molar-refractivity contribution in [2.45, 2.75) is 44.2 Å². The Bertz CT molecular complexity index is 2970. The van der Waals surface area contributed by atoms with Crippen LogP contribution < -0.4 is 10.5 Å². The number of nitrogens with zero attached hydrogens (tertiary/aromatic N) is 5. The summed E-state index contributed by atoms with van der Waals surface area (Å²) < 4.78 is 142. The van der Waals surface area contributed by atoms with Crippen molar-refractivity contribution in [2.75, 3.05) is 186 Å². The van der Waals surface area contributed by atoms with Crippen molar-refractivity contribution in [3.05, 3.63) is 118 Å². The van der Waals surface area contributed by atoms with E-state index in [2.05, 4.69) is 45.7 Å². The molecule has 90 heavy (non-hydrogen) atoms. The zero-order valence-electron chi connectivity index (χ0n) is 52.2. The maximum atomic E-state index is 14.2. The van der Waals surface area contributed by atoms with Gasteiger partial charge in [-0.3, -0.25) is 14.5 Å². The van der Waals surface area contributed by atoms with Gasteiger partial charge in [0.25, 0.3) is 5.91 Å². The van der Waals surface area contributed by atoms with Gasteiger partial charge in [-0.1, -0.05) is 55.5 Å². The van der Waals surface area contributed by atoms with Crippen LogP contribution in [-0.4, -0.2) is 231 Å². The quantitative estimate of drug-likeness (QED) is 0.0156. The predicted octanol–water partition coefficient (Wildman–Crippen LogP) is 6.90. The molecule has 26 heteroatoms. The normalized spacial score (nSPS) is 13.8. The Kier molecular flexibility index (Phi) is 32.7. The summed E-state index contributed by atoms with van der Waals surface area (Å²) >= 11 is 0. The van der Waals surface area contributed by atoms with Crippen LogP contribution in [0.2, 0.25) is 0 Å². The standard InChI is InChI=1S/C64H88F4N6O15S/c1-5-16-73(64(76)54-38-53-14-13-52(40-58(53)70-59(69)41-54)51-7-6-8-55(39-51)90(77,78)74-46-50(47-74)43-71(2)3)45-49-11-9-48(10-12-49)44-72(4)17-19-80-21-23-82-25-27-84-29-31-86-33-35-88-37-36-87-34-32-85-30-28-83-26-24-81-22-20-79-18-15-60(75)89-63-61(67)56(65)42-57(66)62(63)68/h6-14,38-40,42,50H,5,15-37,41,43-47H2,1-4H3,(H2,69,70). The van der Waals surface area contributed by atoms with Crippen molar-refractivity contribution >= 4 is 39.5 Å². The van der Waals surface area contributed by atoms with Gasteiger partial charge in [0.15, 0.2) is 11.6 Å². The summed E-state index contributed by atoms with van der Waals surface area (Å²) in [4.78, 5) is 37.0. The van der Waals surface area contributed by atoms with Gasteiger partial charge in [0, 0.05) is 69.4 Å². The van der Waals surface area contributed by atoms with E-state index in [1.165, 1.54) is 4.31 Å². The molecular formula is C64H88F4N6O15S. The number of aliphatic imine (C=N–C) groups is 1. The van der Waals surface area contributed by atoms with Crippen LogP contribution in [0, 0.1) is 29.2 Å². The van der Waals surface area contributed by atoms with E-state index in [4.69, 9.17) is 58.1 Å². The second-order valence-corrected chi connectivity index (χ2v) is 23.6. The number of hydrogen-bond acceptors (Lipinski definition) is 19. The topological polar surface area (TPSA) is 221 Å². The van der Waals surface area contributed by atoms with Gasteiger partial charge in [-0.15, -0.1) is 0 Å². The monoisotopic (exact) mass is 1290 g/mol. The van der Waals surface area contributed by atoms with Crippen molar-refractivity contribution in [2.24, 2.45) is 16.6 Å². The molecule has 2 N–H and O–H groups in total. The molecule has 0 bridgehead atoms. The Morgan fingerprint density at radius 1 is 0.600 bits per heavy atom. The predicted molar refractivity (Wildman–Crippen MR) is 330 cm³/mol. The lowest BCUT2D eigenvalue weighted by Crippen LogP contribution is -2.52. The number of amides is 1. The molecule has 0 radical (unpaired) electrons. The average molecular weight is 1290 g/mol. The first kappa shape index (κ1) is 73.2. The van der Waals surface area contributed by atoms with Gasteiger partial charge >= 0.3 is 5.97 Å². The Balaban J connectivity index is 0.705. The van der Waals surface area contributed by atoms with E-state index in [1.54, 1.807) is 18.2 Å². The fraction of sp³-hybridized carbons (Fsp3) is 0.547. The number of halogens is 4. The Morgan fingerprint density at radius 3 is 1.58 bits per heavy atom. The minimum Gasteiger partial charge on any atom is -0.420 e. The number of likely N-dealkylation sites (N-methyl/N-ethyl adjacent to an activating group) is 1. The number of sulfonamides is 1. The molecule has 0 spiro atoms. The van der Waals surface area contributed by atoms with Gasteiger partial charge in [-0.2, -0.15) is 13.1 Å². The molecule has 4 aromatic carbocycles. The van der Waals surface area contributed by atoms with E-state index < -0.39 is 51.4 Å². The first-order valence-electron chi connectivity index (χ1n) is 30.3. The summed E-state index contributed by atoms with van der Waals surface area (Å²) in [6, 6.07) is 21.1. The number of benzene rings is 4. The number of rotatable bonds is 46. The lowest BCUT2D eigenvalue weighted by Gasteiger charge is -2.39. The molecule has 1 fully saturated rings. The highest BCUT2D eigenvalue weighted by molar-refractivity contribution is 7.89. The highest BCUT2D eigenvalue weighted by atomic mass is 32.2. The fourth-order valence-electron chi connectivity index (χ4n) is 9.39. The molecule has 0 unspecified atom stereocenters. The molecule has 4 aromatic rings. The van der Waals surface area contributed by atoms with Crippen LogP contribution in [0.25, 0.3) is 17.2 Å². The van der Waals surface area contributed by atoms with Crippen LogP contribution in [0.4, 0.5) is 23.2 Å². The Hall–Kier alpha value is -5.82. The first-order chi connectivity index (χ1) is 43.5. The molecule has 1 amide bonds. The summed E-state index contributed by atoms with van der Waals surface area (Å²) in [5.41, 5.74) is 12.1. The number of carbonyl (C=O) groups excluding carboxylic acids is 2. The largest absolute Gasteiger partial charge is 0.420 e. The zero-order valence-corrected chi connectivity index (χ0v) is 53.0. The van der Waals surface area contributed by atoms with Crippen LogP contribution in [-0.2, 0) is 80.1 Å². The SMILES string of the molecule is CCCN(Cc1ccc(CN(C)CCOCCOCCOCCOCCOCCOCCOCCOCCOCCOCCC(=O)Oc2c(F)c(F)cc(F)c2F)cc1)C(=O)C1=Cc2ccc(-c3cccc(S(=O)(=O)N4CC(CN(C)C)C4)c3)cc2N=C(N)C1. The second-order valence-electron chi connectivity index (χ2n) is 21.6. The molecule has 2 aliphatic heterocycles. The van der Waals surface area contributed by atoms with Crippen molar-refractivity contribution in [1.29, 1.82) is 0 Å². The molecule has 2 heterocycles. The summed E-state index contributed by atoms with van der Waals surface area (Å²) in [6.07, 6.45) is 2.46. The molecule has 21 nitrogen and oxygen atoms in total. The smallest absolute Gasteiger partial charge is 0.313 e. The summed E-state index contributed by atoms with van der Waals surface area (Å²) in [6.45, 7) is 13.7. The maximum Gasteiger partial charge on any atom is 0.313 e. The molecular weight excluding hydrogens is 1200 g/mol. The number of carbonyl (C=O) groups is 2. The van der Waals surface area contributed by atoms with E-state index in [9.17, 15) is 35.6 Å². The summed E-state index contributed by atoms with van der Waals surface area (Å²) in [7, 11) is 2.41. The van der Waals surface area contributed by atoms with Crippen LogP contribution in [0.5, 0.6) is 5.75 Å². The lowest BCUT2D eigenvalue weighted by atomic mass is 10.0. The highest BCUT2D eigenvalue weighted by Gasteiger charge is 2.37. The van der Waals surface area contributed by atoms with Gasteiger partial charge in [-0.05, 0) is 80.0 Å². The summed E-state index contributed by atoms with van der Waals surface area (Å²) in [5, 5.41) is 0. The van der Waals surface area contributed by atoms with Crippen LogP contribution in [0.1, 0.15) is 42.9 Å². The number of nitrogens with two attached hydrogens (primary N) is 1. The lowest BCUT2D eigenvalue weighted by molar-refractivity contribution is -0.136. The average Bonchev–Trinajstić information content (AvgIpc) is 0.957. The minimum absolute atomic E-state index is 0.0165. The third kappa shape index (κ3) is 25.7. The van der Waals surface area contributed by atoms with Crippen LogP contribution >= 0.6 is 0 Å². The Labute approximate surface area is 526 Å². The zero-order chi connectivity index (χ0) is 64.5. The molecule has 0 atom stereocenters. The van der Waals surface area contributed by atoms with Crippen LogP contribution in [0.3, 0.4) is 0 Å². The Morgan fingerprint density at radius 2 is 1.08 bits per heavy atom. The minimum atomic E-state index is -3.63. The number of ether oxygens (including phenoxy) is 11. The highest BCUT2D eigenvalue weighted by Crippen LogP contribution is 2.35. The molecule has 6 rings (SSSR count). The van der Waals surface area contributed by atoms with Crippen molar-refractivity contribution < 1.29 is 87.7 Å².